The van der Waals surface area contributed by atoms with Crippen molar-refractivity contribution in [2.45, 2.75) is 16.3 Å². The van der Waals surface area contributed by atoms with E-state index in [-0.39, 0.29) is 5.91 Å². The van der Waals surface area contributed by atoms with Gasteiger partial charge in [-0.15, -0.1) is 0 Å². The molecule has 0 N–H and O–H groups in total. The summed E-state index contributed by atoms with van der Waals surface area (Å²) in [4.78, 5) is 17.4. The molecule has 0 saturated carbocycles. The summed E-state index contributed by atoms with van der Waals surface area (Å²) in [5.74, 6) is -0.0462. The Hall–Kier alpha value is -2.05. The maximum atomic E-state index is 13.0. The van der Waals surface area contributed by atoms with Gasteiger partial charge in [-0.1, -0.05) is 95.9 Å². The van der Waals surface area contributed by atoms with E-state index in [0.717, 1.165) is 20.9 Å². The molecule has 1 aliphatic heterocycles. The Morgan fingerprint density at radius 1 is 0.966 bits per heavy atom. The van der Waals surface area contributed by atoms with Crippen LogP contribution in [0.5, 0.6) is 0 Å². The average molecular weight is 454 g/mol. The van der Waals surface area contributed by atoms with Gasteiger partial charge >= 0.3 is 0 Å². The Balaban J connectivity index is 1.57. The lowest BCUT2D eigenvalue weighted by Crippen LogP contribution is -2.27. The molecule has 0 radical (unpaired) electrons. The standard InChI is InChI=1S/C23H16ClNOS3/c24-18-10-12-19(13-11-18)28-20-9-5-4-8-17(20)14-21-22(26)25(23(27)29-21)15-16-6-2-1-3-7-16/h1-14H,15H2. The summed E-state index contributed by atoms with van der Waals surface area (Å²) in [5.41, 5.74) is 2.05. The Morgan fingerprint density at radius 2 is 1.66 bits per heavy atom. The van der Waals surface area contributed by atoms with Gasteiger partial charge < -0.3 is 0 Å². The van der Waals surface area contributed by atoms with Crippen molar-refractivity contribution in [2.24, 2.45) is 0 Å². The van der Waals surface area contributed by atoms with E-state index in [0.29, 0.717) is 20.8 Å². The molecule has 0 aromatic heterocycles. The Bertz CT molecular complexity index is 1080. The molecule has 6 heteroatoms. The van der Waals surface area contributed by atoms with Crippen LogP contribution in [0, 0.1) is 0 Å². The number of carbonyl (C=O) groups excluding carboxylic acids is 1. The summed E-state index contributed by atoms with van der Waals surface area (Å²) < 4.78 is 0.591. The molecule has 1 saturated heterocycles. The second kappa shape index (κ2) is 9.18. The molecule has 0 spiro atoms. The van der Waals surface area contributed by atoms with Gasteiger partial charge in [0.05, 0.1) is 11.4 Å². The first-order valence-electron chi connectivity index (χ1n) is 8.92. The van der Waals surface area contributed by atoms with Gasteiger partial charge in [-0.05, 0) is 47.5 Å². The van der Waals surface area contributed by atoms with Crippen LogP contribution in [0.4, 0.5) is 0 Å². The van der Waals surface area contributed by atoms with Crippen molar-refractivity contribution in [3.05, 3.63) is 99.9 Å². The van der Waals surface area contributed by atoms with Crippen LogP contribution in [0.1, 0.15) is 11.1 Å². The summed E-state index contributed by atoms with van der Waals surface area (Å²) in [7, 11) is 0. The fourth-order valence-corrected chi connectivity index (χ4v) is 5.16. The highest BCUT2D eigenvalue weighted by atomic mass is 35.5. The van der Waals surface area contributed by atoms with Crippen molar-refractivity contribution in [1.29, 1.82) is 0 Å². The zero-order valence-corrected chi connectivity index (χ0v) is 18.5. The number of amides is 1. The molecule has 3 aromatic carbocycles. The molecular formula is C23H16ClNOS3. The summed E-state index contributed by atoms with van der Waals surface area (Å²) in [6.45, 7) is 0.490. The van der Waals surface area contributed by atoms with Crippen LogP contribution >= 0.6 is 47.3 Å². The quantitative estimate of drug-likeness (QED) is 0.309. The van der Waals surface area contributed by atoms with Crippen LogP contribution < -0.4 is 0 Å². The Morgan fingerprint density at radius 3 is 2.41 bits per heavy atom. The fourth-order valence-electron chi connectivity index (χ4n) is 2.87. The summed E-state index contributed by atoms with van der Waals surface area (Å²) in [6, 6.07) is 25.7. The van der Waals surface area contributed by atoms with Crippen molar-refractivity contribution in [3.8, 4) is 0 Å². The van der Waals surface area contributed by atoms with Crippen LogP contribution in [-0.4, -0.2) is 15.1 Å². The van der Waals surface area contributed by atoms with Crippen LogP contribution in [0.2, 0.25) is 5.02 Å². The zero-order valence-electron chi connectivity index (χ0n) is 15.2. The number of hydrogen-bond acceptors (Lipinski definition) is 4. The average Bonchev–Trinajstić information content (AvgIpc) is 2.99. The maximum absolute atomic E-state index is 13.0. The first-order chi connectivity index (χ1) is 14.1. The van der Waals surface area contributed by atoms with Gasteiger partial charge in [0.1, 0.15) is 4.32 Å². The molecule has 0 unspecified atom stereocenters. The predicted molar refractivity (Wildman–Crippen MR) is 127 cm³/mol. The largest absolute Gasteiger partial charge is 0.288 e. The number of nitrogens with zero attached hydrogens (tertiary/aromatic N) is 1. The van der Waals surface area contributed by atoms with Crippen molar-refractivity contribution in [3.63, 3.8) is 0 Å². The molecule has 3 aromatic rings. The highest BCUT2D eigenvalue weighted by Gasteiger charge is 2.32. The SMILES string of the molecule is O=C1C(=Cc2ccccc2Sc2ccc(Cl)cc2)SC(=S)N1Cc1ccccc1. The second-order valence-corrected chi connectivity index (χ2v) is 9.57. The number of benzene rings is 3. The van der Waals surface area contributed by atoms with Crippen molar-refractivity contribution < 1.29 is 4.79 Å². The van der Waals surface area contributed by atoms with E-state index in [1.807, 2.05) is 78.9 Å². The highest BCUT2D eigenvalue weighted by Crippen LogP contribution is 2.37. The molecule has 1 fully saturated rings. The molecule has 144 valence electrons. The van der Waals surface area contributed by atoms with Gasteiger partial charge in [0.25, 0.3) is 5.91 Å². The van der Waals surface area contributed by atoms with E-state index in [9.17, 15) is 4.79 Å². The van der Waals surface area contributed by atoms with Gasteiger partial charge in [-0.2, -0.15) is 0 Å². The van der Waals surface area contributed by atoms with Crippen molar-refractivity contribution in [2.75, 3.05) is 0 Å². The van der Waals surface area contributed by atoms with E-state index >= 15 is 0 Å². The Kier molecular flexibility index (Phi) is 6.40. The number of carbonyl (C=O) groups is 1. The lowest BCUT2D eigenvalue weighted by molar-refractivity contribution is -0.122. The third-order valence-electron chi connectivity index (χ3n) is 4.30. The number of thiocarbonyl (C=S) groups is 1. The number of hydrogen-bond donors (Lipinski definition) is 0. The minimum absolute atomic E-state index is 0.0462. The third kappa shape index (κ3) is 4.93. The van der Waals surface area contributed by atoms with Gasteiger partial charge in [0.15, 0.2) is 0 Å². The lowest BCUT2D eigenvalue weighted by atomic mass is 10.2. The van der Waals surface area contributed by atoms with E-state index in [1.165, 1.54) is 11.8 Å². The summed E-state index contributed by atoms with van der Waals surface area (Å²) >= 11 is 14.5. The lowest BCUT2D eigenvalue weighted by Gasteiger charge is -2.14. The molecule has 4 rings (SSSR count). The van der Waals surface area contributed by atoms with Gasteiger partial charge in [0, 0.05) is 14.8 Å². The molecule has 1 amide bonds. The topological polar surface area (TPSA) is 20.3 Å². The minimum Gasteiger partial charge on any atom is -0.288 e. The summed E-state index contributed by atoms with van der Waals surface area (Å²) in [6.07, 6.45) is 1.93. The minimum atomic E-state index is -0.0462. The van der Waals surface area contributed by atoms with E-state index in [1.54, 1.807) is 16.7 Å². The number of thioether (sulfide) groups is 1. The summed E-state index contributed by atoms with van der Waals surface area (Å²) in [5, 5.41) is 0.713. The van der Waals surface area contributed by atoms with E-state index < -0.39 is 0 Å². The molecule has 0 aliphatic carbocycles. The Labute approximate surface area is 189 Å². The van der Waals surface area contributed by atoms with Crippen LogP contribution in [0.3, 0.4) is 0 Å². The first-order valence-corrected chi connectivity index (χ1v) is 11.3. The number of rotatable bonds is 5. The highest BCUT2D eigenvalue weighted by molar-refractivity contribution is 8.26. The van der Waals surface area contributed by atoms with Crippen LogP contribution in [0.25, 0.3) is 6.08 Å². The van der Waals surface area contributed by atoms with Crippen molar-refractivity contribution in [1.82, 2.24) is 4.90 Å². The number of halogens is 1. The first kappa shape index (κ1) is 20.2. The maximum Gasteiger partial charge on any atom is 0.266 e. The monoisotopic (exact) mass is 453 g/mol. The second-order valence-electron chi connectivity index (χ2n) is 6.35. The molecule has 29 heavy (non-hydrogen) atoms. The zero-order chi connectivity index (χ0) is 20.2. The van der Waals surface area contributed by atoms with Crippen LogP contribution in [0.15, 0.2) is 93.6 Å². The van der Waals surface area contributed by atoms with E-state index in [2.05, 4.69) is 6.07 Å². The van der Waals surface area contributed by atoms with Gasteiger partial charge in [-0.25, -0.2) is 0 Å². The normalized spacial score (nSPS) is 15.3. The molecule has 1 aliphatic rings. The third-order valence-corrected chi connectivity index (χ3v) is 7.03. The van der Waals surface area contributed by atoms with Crippen molar-refractivity contribution >= 4 is 63.6 Å². The molecular weight excluding hydrogens is 438 g/mol. The molecule has 0 atom stereocenters. The smallest absolute Gasteiger partial charge is 0.266 e. The molecule has 2 nitrogen and oxygen atoms in total. The molecule has 1 heterocycles. The van der Waals surface area contributed by atoms with Gasteiger partial charge in [-0.3, -0.25) is 9.69 Å². The van der Waals surface area contributed by atoms with E-state index in [4.69, 9.17) is 23.8 Å². The molecule has 0 bridgehead atoms. The van der Waals surface area contributed by atoms with Gasteiger partial charge in [0.2, 0.25) is 0 Å². The predicted octanol–water partition coefficient (Wildman–Crippen LogP) is 6.89. The fraction of sp³-hybridized carbons (Fsp3) is 0.0435. The van der Waals surface area contributed by atoms with Crippen LogP contribution in [-0.2, 0) is 11.3 Å².